The molecule has 0 radical (unpaired) electrons. The summed E-state index contributed by atoms with van der Waals surface area (Å²) < 4.78 is 1.73. The van der Waals surface area contributed by atoms with Gasteiger partial charge in [-0.15, -0.1) is 16.4 Å². The second-order valence-electron chi connectivity index (χ2n) is 4.16. The van der Waals surface area contributed by atoms with Gasteiger partial charge in [0.2, 0.25) is 0 Å². The summed E-state index contributed by atoms with van der Waals surface area (Å²) in [5.74, 6) is 0. The Morgan fingerprint density at radius 3 is 2.90 bits per heavy atom. The molecule has 20 heavy (non-hydrogen) atoms. The quantitative estimate of drug-likeness (QED) is 0.743. The normalized spacial score (nSPS) is 10.4. The Hall–Kier alpha value is -2.16. The first-order valence-corrected chi connectivity index (χ1v) is 7.15. The Balaban J connectivity index is 2.03. The highest BCUT2D eigenvalue weighted by molar-refractivity contribution is 7.13. The Morgan fingerprint density at radius 1 is 1.30 bits per heavy atom. The molecule has 98 valence electrons. The molecule has 2 heterocycles. The van der Waals surface area contributed by atoms with Crippen molar-refractivity contribution in [1.29, 1.82) is 5.26 Å². The lowest BCUT2D eigenvalue weighted by atomic mass is 10.2. The van der Waals surface area contributed by atoms with Gasteiger partial charge >= 0.3 is 0 Å². The van der Waals surface area contributed by atoms with E-state index in [-0.39, 0.29) is 0 Å². The molecule has 0 aliphatic rings. The van der Waals surface area contributed by atoms with Crippen molar-refractivity contribution in [3.05, 3.63) is 58.1 Å². The van der Waals surface area contributed by atoms with E-state index in [1.54, 1.807) is 16.0 Å². The first kappa shape index (κ1) is 12.9. The number of hydrogen-bond donors (Lipinski definition) is 0. The molecule has 4 nitrogen and oxygen atoms in total. The molecule has 0 fully saturated rings. The van der Waals surface area contributed by atoms with Crippen molar-refractivity contribution in [1.82, 2.24) is 15.0 Å². The number of nitrogens with zero attached hydrogens (tertiary/aromatic N) is 4. The van der Waals surface area contributed by atoms with Crippen molar-refractivity contribution < 1.29 is 0 Å². The van der Waals surface area contributed by atoms with Crippen molar-refractivity contribution in [3.8, 4) is 16.6 Å². The van der Waals surface area contributed by atoms with Crippen molar-refractivity contribution in [2.24, 2.45) is 0 Å². The molecule has 2 aromatic heterocycles. The van der Waals surface area contributed by atoms with Crippen LogP contribution in [0.4, 0.5) is 0 Å². The van der Waals surface area contributed by atoms with Crippen molar-refractivity contribution in [2.45, 2.75) is 6.54 Å². The van der Waals surface area contributed by atoms with Crippen LogP contribution in [0.15, 0.2) is 41.8 Å². The number of aromatic nitrogens is 3. The van der Waals surface area contributed by atoms with Gasteiger partial charge in [0, 0.05) is 5.02 Å². The minimum absolute atomic E-state index is 0.342. The first-order valence-electron chi connectivity index (χ1n) is 5.90. The second-order valence-corrected chi connectivity index (χ2v) is 5.55. The van der Waals surface area contributed by atoms with Gasteiger partial charge in [-0.05, 0) is 29.1 Å². The van der Waals surface area contributed by atoms with Gasteiger partial charge in [0.15, 0.2) is 5.69 Å². The Morgan fingerprint density at radius 2 is 2.20 bits per heavy atom. The molecule has 0 saturated heterocycles. The lowest BCUT2D eigenvalue weighted by Gasteiger charge is -2.05. The average Bonchev–Trinajstić information content (AvgIpc) is 3.07. The third-order valence-electron chi connectivity index (χ3n) is 2.82. The van der Waals surface area contributed by atoms with Crippen LogP contribution in [0.3, 0.4) is 0 Å². The summed E-state index contributed by atoms with van der Waals surface area (Å²) in [7, 11) is 0. The molecule has 0 aliphatic carbocycles. The molecule has 1 aromatic carbocycles. The third kappa shape index (κ3) is 2.44. The van der Waals surface area contributed by atoms with Gasteiger partial charge in [-0.3, -0.25) is 0 Å². The molecule has 0 N–H and O–H groups in total. The second kappa shape index (κ2) is 5.45. The first-order chi connectivity index (χ1) is 9.78. The van der Waals surface area contributed by atoms with Gasteiger partial charge in [-0.2, -0.15) is 5.26 Å². The van der Waals surface area contributed by atoms with E-state index in [9.17, 15) is 0 Å². The number of nitriles is 1. The highest BCUT2D eigenvalue weighted by Crippen LogP contribution is 2.27. The van der Waals surface area contributed by atoms with Crippen LogP contribution in [0.1, 0.15) is 11.3 Å². The number of rotatable bonds is 3. The maximum Gasteiger partial charge on any atom is 0.191 e. The van der Waals surface area contributed by atoms with E-state index < -0.39 is 0 Å². The number of hydrogen-bond acceptors (Lipinski definition) is 4. The van der Waals surface area contributed by atoms with Gasteiger partial charge in [-0.1, -0.05) is 35.0 Å². The fraction of sp³-hybridized carbons (Fsp3) is 0.0714. The molecule has 6 heteroatoms. The summed E-state index contributed by atoms with van der Waals surface area (Å²) in [6.07, 6.45) is 0. The van der Waals surface area contributed by atoms with E-state index in [4.69, 9.17) is 16.9 Å². The summed E-state index contributed by atoms with van der Waals surface area (Å²) in [4.78, 5) is 0.980. The molecule has 0 unspecified atom stereocenters. The van der Waals surface area contributed by atoms with Crippen LogP contribution < -0.4 is 0 Å². The monoisotopic (exact) mass is 300 g/mol. The van der Waals surface area contributed by atoms with E-state index in [1.807, 2.05) is 41.8 Å². The van der Waals surface area contributed by atoms with Crippen molar-refractivity contribution in [2.75, 3.05) is 0 Å². The lowest BCUT2D eigenvalue weighted by Crippen LogP contribution is -2.03. The van der Waals surface area contributed by atoms with E-state index in [0.717, 1.165) is 16.1 Å². The zero-order chi connectivity index (χ0) is 13.9. The summed E-state index contributed by atoms with van der Waals surface area (Å²) in [6.45, 7) is 0.530. The zero-order valence-corrected chi connectivity index (χ0v) is 11.9. The fourth-order valence-corrected chi connectivity index (χ4v) is 2.95. The van der Waals surface area contributed by atoms with E-state index in [1.165, 1.54) is 0 Å². The number of halogens is 1. The Bertz CT molecular complexity index is 771. The van der Waals surface area contributed by atoms with Crippen molar-refractivity contribution in [3.63, 3.8) is 0 Å². The molecule has 0 saturated carbocycles. The van der Waals surface area contributed by atoms with E-state index >= 15 is 0 Å². The molecular formula is C14H9ClN4S. The highest BCUT2D eigenvalue weighted by Gasteiger charge is 2.15. The summed E-state index contributed by atoms with van der Waals surface area (Å²) in [5.41, 5.74) is 2.11. The number of thiophene rings is 1. The van der Waals surface area contributed by atoms with Gasteiger partial charge in [0.1, 0.15) is 11.8 Å². The summed E-state index contributed by atoms with van der Waals surface area (Å²) >= 11 is 7.55. The van der Waals surface area contributed by atoms with Gasteiger partial charge in [0.25, 0.3) is 0 Å². The van der Waals surface area contributed by atoms with Gasteiger partial charge < -0.3 is 0 Å². The van der Waals surface area contributed by atoms with Crippen LogP contribution in [0.5, 0.6) is 0 Å². The van der Waals surface area contributed by atoms with Crippen LogP contribution in [0.2, 0.25) is 5.02 Å². The smallest absolute Gasteiger partial charge is 0.191 e. The molecule has 0 atom stereocenters. The van der Waals surface area contributed by atoms with E-state index in [2.05, 4.69) is 16.4 Å². The maximum absolute atomic E-state index is 9.16. The maximum atomic E-state index is 9.16. The Kier molecular flexibility index (Phi) is 3.50. The van der Waals surface area contributed by atoms with Crippen LogP contribution in [-0.4, -0.2) is 15.0 Å². The standard InChI is InChI=1S/C14H9ClN4S/c15-11-4-1-3-10(7-11)9-19-14(12(8-16)17-18-19)13-5-2-6-20-13/h1-7H,9H2. The largest absolute Gasteiger partial charge is 0.238 e. The average molecular weight is 301 g/mol. The van der Waals surface area contributed by atoms with Crippen molar-refractivity contribution >= 4 is 22.9 Å². The molecule has 0 amide bonds. The summed E-state index contributed by atoms with van der Waals surface area (Å²) in [5, 5.41) is 19.8. The minimum Gasteiger partial charge on any atom is -0.238 e. The van der Waals surface area contributed by atoms with Crippen LogP contribution in [-0.2, 0) is 6.54 Å². The topological polar surface area (TPSA) is 54.5 Å². The van der Waals surface area contributed by atoms with Crippen LogP contribution in [0, 0.1) is 11.3 Å². The molecule has 3 rings (SSSR count). The van der Waals surface area contributed by atoms with Crippen LogP contribution in [0.25, 0.3) is 10.6 Å². The van der Waals surface area contributed by atoms with Crippen LogP contribution >= 0.6 is 22.9 Å². The van der Waals surface area contributed by atoms with Gasteiger partial charge in [0.05, 0.1) is 11.4 Å². The number of benzene rings is 1. The van der Waals surface area contributed by atoms with E-state index in [0.29, 0.717) is 17.3 Å². The summed E-state index contributed by atoms with van der Waals surface area (Å²) in [6, 6.07) is 13.6. The Labute approximate surface area is 124 Å². The molecule has 0 spiro atoms. The minimum atomic E-state index is 0.342. The fourth-order valence-electron chi connectivity index (χ4n) is 1.96. The predicted molar refractivity (Wildman–Crippen MR) is 78.6 cm³/mol. The molecule has 0 bridgehead atoms. The SMILES string of the molecule is N#Cc1nnn(Cc2cccc(Cl)c2)c1-c1cccs1. The van der Waals surface area contributed by atoms with Gasteiger partial charge in [-0.25, -0.2) is 4.68 Å². The zero-order valence-electron chi connectivity index (χ0n) is 10.3. The predicted octanol–water partition coefficient (Wildman–Crippen LogP) is 3.58. The molecule has 3 aromatic rings. The molecular weight excluding hydrogens is 292 g/mol. The molecule has 0 aliphatic heterocycles. The lowest BCUT2D eigenvalue weighted by molar-refractivity contribution is 0.656. The highest BCUT2D eigenvalue weighted by atomic mass is 35.5. The third-order valence-corrected chi connectivity index (χ3v) is 3.93.